The lowest BCUT2D eigenvalue weighted by atomic mass is 9.92. The van der Waals surface area contributed by atoms with Crippen LogP contribution in [-0.2, 0) is 4.74 Å². The third-order valence-electron chi connectivity index (χ3n) is 3.92. The minimum Gasteiger partial charge on any atom is -0.493 e. The highest BCUT2D eigenvalue weighted by Gasteiger charge is 2.18. The molecule has 0 amide bonds. The minimum atomic E-state index is 0.670. The Morgan fingerprint density at radius 1 is 1.11 bits per heavy atom. The van der Waals surface area contributed by atoms with Crippen LogP contribution in [0.5, 0.6) is 5.75 Å². The van der Waals surface area contributed by atoms with Crippen LogP contribution in [0, 0.1) is 5.92 Å². The van der Waals surface area contributed by atoms with Gasteiger partial charge in [0.05, 0.1) is 6.61 Å². The van der Waals surface area contributed by atoms with Crippen molar-refractivity contribution in [3.8, 4) is 5.75 Å². The third-order valence-corrected chi connectivity index (χ3v) is 3.92. The van der Waals surface area contributed by atoms with Gasteiger partial charge in [-0.1, -0.05) is 12.1 Å². The van der Waals surface area contributed by atoms with E-state index in [1.165, 1.54) is 5.56 Å². The van der Waals surface area contributed by atoms with E-state index in [4.69, 9.17) is 9.47 Å². The van der Waals surface area contributed by atoms with Gasteiger partial charge in [0.2, 0.25) is 0 Å². The SMILES string of the molecule is c1cc(C2CCOCC2)ccc1OCC1CNC1. The van der Waals surface area contributed by atoms with E-state index in [0.29, 0.717) is 11.8 Å². The van der Waals surface area contributed by atoms with Gasteiger partial charge in [0.25, 0.3) is 0 Å². The predicted molar refractivity (Wildman–Crippen MR) is 71.1 cm³/mol. The summed E-state index contributed by atoms with van der Waals surface area (Å²) in [7, 11) is 0. The lowest BCUT2D eigenvalue weighted by Crippen LogP contribution is -2.45. The fraction of sp³-hybridized carbons (Fsp3) is 0.600. The predicted octanol–water partition coefficient (Wildman–Crippen LogP) is 2.18. The normalized spacial score (nSPS) is 21.6. The van der Waals surface area contributed by atoms with Crippen LogP contribution in [-0.4, -0.2) is 32.9 Å². The quantitative estimate of drug-likeness (QED) is 0.884. The maximum atomic E-state index is 5.79. The van der Waals surface area contributed by atoms with Gasteiger partial charge in [0.15, 0.2) is 0 Å². The Kier molecular flexibility index (Phi) is 3.81. The Labute approximate surface area is 108 Å². The molecule has 18 heavy (non-hydrogen) atoms. The Bertz CT molecular complexity index is 367. The van der Waals surface area contributed by atoms with Crippen molar-refractivity contribution >= 4 is 0 Å². The van der Waals surface area contributed by atoms with E-state index in [9.17, 15) is 0 Å². The highest BCUT2D eigenvalue weighted by atomic mass is 16.5. The van der Waals surface area contributed by atoms with Crippen LogP contribution < -0.4 is 10.1 Å². The fourth-order valence-corrected chi connectivity index (χ4v) is 2.55. The number of nitrogens with one attached hydrogen (secondary N) is 1. The molecule has 1 aromatic carbocycles. The van der Waals surface area contributed by atoms with Crippen molar-refractivity contribution < 1.29 is 9.47 Å². The highest BCUT2D eigenvalue weighted by Crippen LogP contribution is 2.28. The monoisotopic (exact) mass is 247 g/mol. The molecule has 2 aliphatic rings. The van der Waals surface area contributed by atoms with Gasteiger partial charge in [-0.3, -0.25) is 0 Å². The number of ether oxygens (including phenoxy) is 2. The van der Waals surface area contributed by atoms with Gasteiger partial charge in [-0.15, -0.1) is 0 Å². The second kappa shape index (κ2) is 5.72. The van der Waals surface area contributed by atoms with Crippen LogP contribution >= 0.6 is 0 Å². The zero-order chi connectivity index (χ0) is 12.2. The van der Waals surface area contributed by atoms with E-state index >= 15 is 0 Å². The molecule has 2 saturated heterocycles. The largest absolute Gasteiger partial charge is 0.493 e. The average Bonchev–Trinajstić information content (AvgIpc) is 2.39. The molecule has 0 radical (unpaired) electrons. The lowest BCUT2D eigenvalue weighted by Gasteiger charge is -2.27. The third kappa shape index (κ3) is 2.85. The van der Waals surface area contributed by atoms with Crippen LogP contribution in [0.3, 0.4) is 0 Å². The van der Waals surface area contributed by atoms with Gasteiger partial charge in [-0.05, 0) is 36.5 Å². The zero-order valence-corrected chi connectivity index (χ0v) is 10.7. The Morgan fingerprint density at radius 2 is 1.83 bits per heavy atom. The van der Waals surface area contributed by atoms with Gasteiger partial charge in [-0.25, -0.2) is 0 Å². The molecule has 98 valence electrons. The molecule has 3 rings (SSSR count). The van der Waals surface area contributed by atoms with Gasteiger partial charge in [-0.2, -0.15) is 0 Å². The molecule has 0 spiro atoms. The zero-order valence-electron chi connectivity index (χ0n) is 10.7. The second-order valence-electron chi connectivity index (χ2n) is 5.29. The van der Waals surface area contributed by atoms with Crippen molar-refractivity contribution in [2.75, 3.05) is 32.9 Å². The van der Waals surface area contributed by atoms with Gasteiger partial charge in [0.1, 0.15) is 5.75 Å². The van der Waals surface area contributed by atoms with Crippen LogP contribution in [0.1, 0.15) is 24.3 Å². The maximum absolute atomic E-state index is 5.79. The molecule has 0 saturated carbocycles. The molecular formula is C15H21NO2. The van der Waals surface area contributed by atoms with E-state index in [2.05, 4.69) is 29.6 Å². The van der Waals surface area contributed by atoms with Crippen LogP contribution in [0.25, 0.3) is 0 Å². The first-order valence-corrected chi connectivity index (χ1v) is 6.93. The molecule has 2 heterocycles. The molecule has 0 atom stereocenters. The molecule has 2 fully saturated rings. The summed E-state index contributed by atoms with van der Waals surface area (Å²) >= 11 is 0. The van der Waals surface area contributed by atoms with Crippen molar-refractivity contribution in [3.63, 3.8) is 0 Å². The number of hydrogen-bond donors (Lipinski definition) is 1. The highest BCUT2D eigenvalue weighted by molar-refractivity contribution is 5.29. The number of benzene rings is 1. The van der Waals surface area contributed by atoms with Crippen LogP contribution in [0.4, 0.5) is 0 Å². The number of rotatable bonds is 4. The smallest absolute Gasteiger partial charge is 0.119 e. The van der Waals surface area contributed by atoms with E-state index in [1.807, 2.05) is 0 Å². The summed E-state index contributed by atoms with van der Waals surface area (Å²) < 4.78 is 11.2. The van der Waals surface area contributed by atoms with Crippen molar-refractivity contribution in [2.24, 2.45) is 5.92 Å². The average molecular weight is 247 g/mol. The first kappa shape index (κ1) is 12.0. The molecule has 0 aliphatic carbocycles. The summed E-state index contributed by atoms with van der Waals surface area (Å²) in [6.45, 7) is 4.83. The van der Waals surface area contributed by atoms with Gasteiger partial charge in [0, 0.05) is 32.2 Å². The molecule has 1 N–H and O–H groups in total. The Balaban J connectivity index is 1.54. The summed E-state index contributed by atoms with van der Waals surface area (Å²) in [5.41, 5.74) is 1.43. The molecule has 3 nitrogen and oxygen atoms in total. The topological polar surface area (TPSA) is 30.5 Å². The standard InChI is InChI=1S/C15H21NO2/c1-3-15(18-11-12-9-16-10-12)4-2-13(1)14-5-7-17-8-6-14/h1-4,12,14,16H,5-11H2. The van der Waals surface area contributed by atoms with E-state index < -0.39 is 0 Å². The minimum absolute atomic E-state index is 0.670. The van der Waals surface area contributed by atoms with Gasteiger partial charge >= 0.3 is 0 Å². The van der Waals surface area contributed by atoms with Crippen molar-refractivity contribution in [2.45, 2.75) is 18.8 Å². The first-order chi connectivity index (χ1) is 8.92. The summed E-state index contributed by atoms with van der Waals surface area (Å²) in [5.74, 6) is 2.36. The van der Waals surface area contributed by atoms with E-state index in [0.717, 1.165) is 51.5 Å². The van der Waals surface area contributed by atoms with Crippen LogP contribution in [0.2, 0.25) is 0 Å². The second-order valence-corrected chi connectivity index (χ2v) is 5.29. The number of hydrogen-bond acceptors (Lipinski definition) is 3. The summed E-state index contributed by atoms with van der Waals surface area (Å²) in [6.07, 6.45) is 2.29. The summed E-state index contributed by atoms with van der Waals surface area (Å²) in [5, 5.41) is 3.26. The molecule has 0 bridgehead atoms. The van der Waals surface area contributed by atoms with Crippen molar-refractivity contribution in [3.05, 3.63) is 29.8 Å². The van der Waals surface area contributed by atoms with E-state index in [-0.39, 0.29) is 0 Å². The van der Waals surface area contributed by atoms with Crippen molar-refractivity contribution in [1.82, 2.24) is 5.32 Å². The summed E-state index contributed by atoms with van der Waals surface area (Å²) in [6, 6.07) is 8.64. The maximum Gasteiger partial charge on any atom is 0.119 e. The summed E-state index contributed by atoms with van der Waals surface area (Å²) in [4.78, 5) is 0. The molecule has 3 heteroatoms. The first-order valence-electron chi connectivity index (χ1n) is 6.93. The van der Waals surface area contributed by atoms with E-state index in [1.54, 1.807) is 0 Å². The fourth-order valence-electron chi connectivity index (χ4n) is 2.55. The Hall–Kier alpha value is -1.06. The van der Waals surface area contributed by atoms with Gasteiger partial charge < -0.3 is 14.8 Å². The molecule has 2 aliphatic heterocycles. The van der Waals surface area contributed by atoms with Crippen LogP contribution in [0.15, 0.2) is 24.3 Å². The lowest BCUT2D eigenvalue weighted by molar-refractivity contribution is 0.0853. The Morgan fingerprint density at radius 3 is 2.44 bits per heavy atom. The molecule has 0 unspecified atom stereocenters. The molecule has 0 aromatic heterocycles. The molecule has 1 aromatic rings. The van der Waals surface area contributed by atoms with Crippen molar-refractivity contribution in [1.29, 1.82) is 0 Å². The molecular weight excluding hydrogens is 226 g/mol.